The van der Waals surface area contributed by atoms with Crippen LogP contribution in [0.15, 0.2) is 59.9 Å². The zero-order chi connectivity index (χ0) is 20.6. The number of hydrogen-bond donors (Lipinski definition) is 2. The number of halogens is 1. The second-order valence-corrected chi connectivity index (χ2v) is 7.58. The first kappa shape index (κ1) is 21.2. The number of benzene rings is 2. The maximum atomic E-state index is 12.3. The smallest absolute Gasteiger partial charge is 0.234 e. The zero-order valence-electron chi connectivity index (χ0n) is 16.0. The lowest BCUT2D eigenvalue weighted by Crippen LogP contribution is -2.15. The molecule has 2 N–H and O–H groups in total. The van der Waals surface area contributed by atoms with Crippen molar-refractivity contribution in [2.75, 3.05) is 17.7 Å². The molecule has 2 aromatic carbocycles. The van der Waals surface area contributed by atoms with Crippen LogP contribution in [-0.4, -0.2) is 32.9 Å². The van der Waals surface area contributed by atoms with Gasteiger partial charge < -0.3 is 19.7 Å². The first-order valence-electron chi connectivity index (χ1n) is 9.14. The van der Waals surface area contributed by atoms with Crippen molar-refractivity contribution in [3.8, 4) is 5.75 Å². The average Bonchev–Trinajstić information content (AvgIpc) is 3.11. The molecule has 0 bridgehead atoms. The maximum absolute atomic E-state index is 12.3. The normalized spacial score (nSPS) is 10.7. The number of hydrogen-bond acceptors (Lipinski definition) is 5. The summed E-state index contributed by atoms with van der Waals surface area (Å²) in [6.45, 7) is 2.93. The van der Waals surface area contributed by atoms with E-state index in [1.165, 1.54) is 11.8 Å². The summed E-state index contributed by atoms with van der Waals surface area (Å²) >= 11 is 7.27. The van der Waals surface area contributed by atoms with Crippen molar-refractivity contribution in [3.05, 3.63) is 71.0 Å². The van der Waals surface area contributed by atoms with Gasteiger partial charge in [-0.25, -0.2) is 4.98 Å². The van der Waals surface area contributed by atoms with Crippen LogP contribution in [-0.2, 0) is 17.9 Å². The Morgan fingerprint density at radius 2 is 1.93 bits per heavy atom. The molecule has 6 nitrogen and oxygen atoms in total. The second-order valence-electron chi connectivity index (χ2n) is 6.20. The number of carbonyl (C=O) groups excluding carboxylic acids is 1. The van der Waals surface area contributed by atoms with E-state index in [2.05, 4.69) is 10.3 Å². The van der Waals surface area contributed by atoms with Crippen molar-refractivity contribution in [2.24, 2.45) is 0 Å². The van der Waals surface area contributed by atoms with Crippen molar-refractivity contribution in [1.29, 1.82) is 0 Å². The molecule has 0 atom stereocenters. The van der Waals surface area contributed by atoms with Crippen LogP contribution in [0.5, 0.6) is 5.75 Å². The lowest BCUT2D eigenvalue weighted by molar-refractivity contribution is -0.113. The fourth-order valence-electron chi connectivity index (χ4n) is 2.70. The number of rotatable bonds is 9. The molecular weight excluding hydrogens is 410 g/mol. The second kappa shape index (κ2) is 10.3. The number of anilines is 1. The maximum Gasteiger partial charge on any atom is 0.234 e. The van der Waals surface area contributed by atoms with Crippen molar-refractivity contribution in [3.63, 3.8) is 0 Å². The molecule has 3 rings (SSSR count). The number of nitrogens with one attached hydrogen (secondary N) is 1. The number of aliphatic hydroxyl groups excluding tert-OH is 1. The van der Waals surface area contributed by atoms with E-state index in [0.29, 0.717) is 34.7 Å². The summed E-state index contributed by atoms with van der Waals surface area (Å²) in [4.78, 5) is 16.7. The van der Waals surface area contributed by atoms with E-state index in [1.54, 1.807) is 18.3 Å². The van der Waals surface area contributed by atoms with E-state index in [1.807, 2.05) is 47.9 Å². The minimum absolute atomic E-state index is 0.125. The summed E-state index contributed by atoms with van der Waals surface area (Å²) in [5, 5.41) is 13.8. The molecule has 0 saturated heterocycles. The molecule has 0 radical (unpaired) electrons. The number of imidazole rings is 1. The van der Waals surface area contributed by atoms with E-state index >= 15 is 0 Å². The molecule has 8 heteroatoms. The summed E-state index contributed by atoms with van der Waals surface area (Å²) in [5.41, 5.74) is 2.43. The van der Waals surface area contributed by atoms with Crippen LogP contribution in [0.2, 0.25) is 5.02 Å². The molecule has 0 aliphatic heterocycles. The van der Waals surface area contributed by atoms with E-state index < -0.39 is 0 Å². The minimum atomic E-state index is -0.134. The number of aromatic nitrogens is 2. The predicted octanol–water partition coefficient (Wildman–Crippen LogP) is 4.21. The molecule has 3 aromatic rings. The Hall–Kier alpha value is -2.48. The number of thioether (sulfide) groups is 1. The van der Waals surface area contributed by atoms with Gasteiger partial charge in [0.1, 0.15) is 5.75 Å². The Balaban J connectivity index is 1.61. The van der Waals surface area contributed by atoms with Crippen LogP contribution in [0, 0.1) is 0 Å². The molecule has 152 valence electrons. The molecule has 0 fully saturated rings. The Labute approximate surface area is 178 Å². The van der Waals surface area contributed by atoms with Gasteiger partial charge in [0.05, 0.1) is 30.9 Å². The van der Waals surface area contributed by atoms with Crippen LogP contribution in [0.25, 0.3) is 0 Å². The van der Waals surface area contributed by atoms with Gasteiger partial charge in [-0.1, -0.05) is 35.5 Å². The Kier molecular flexibility index (Phi) is 7.57. The topological polar surface area (TPSA) is 76.4 Å². The highest BCUT2D eigenvalue weighted by molar-refractivity contribution is 7.99. The van der Waals surface area contributed by atoms with Gasteiger partial charge in [-0.05, 0) is 48.9 Å². The summed E-state index contributed by atoms with van der Waals surface area (Å²) in [5.74, 6) is 0.835. The van der Waals surface area contributed by atoms with Gasteiger partial charge in [0, 0.05) is 17.3 Å². The standard InChI is InChI=1S/C21H22ClN3O3S/c1-2-28-19-9-7-17(8-10-19)24-20(27)14-29-21-23-11-18(13-26)25(21)12-15-3-5-16(22)6-4-15/h3-11,26H,2,12-14H2,1H3,(H,24,27). The van der Waals surface area contributed by atoms with Crippen molar-refractivity contribution in [2.45, 2.75) is 25.2 Å². The summed E-state index contributed by atoms with van der Waals surface area (Å²) in [6.07, 6.45) is 1.63. The molecular formula is C21H22ClN3O3S. The number of amides is 1. The number of nitrogens with zero attached hydrogens (tertiary/aromatic N) is 2. The summed E-state index contributed by atoms with van der Waals surface area (Å²) < 4.78 is 7.30. The quantitative estimate of drug-likeness (QED) is 0.496. The number of aliphatic hydroxyl groups is 1. The van der Waals surface area contributed by atoms with E-state index in [-0.39, 0.29) is 18.3 Å². The van der Waals surface area contributed by atoms with Gasteiger partial charge in [0.15, 0.2) is 5.16 Å². The van der Waals surface area contributed by atoms with Gasteiger partial charge in [0.2, 0.25) is 5.91 Å². The fraction of sp³-hybridized carbons (Fsp3) is 0.238. The molecule has 1 aromatic heterocycles. The van der Waals surface area contributed by atoms with Crippen molar-refractivity contribution < 1.29 is 14.6 Å². The van der Waals surface area contributed by atoms with Crippen LogP contribution in [0.4, 0.5) is 5.69 Å². The highest BCUT2D eigenvalue weighted by Gasteiger charge is 2.13. The lowest BCUT2D eigenvalue weighted by atomic mass is 10.2. The van der Waals surface area contributed by atoms with Gasteiger partial charge in [-0.15, -0.1) is 0 Å². The van der Waals surface area contributed by atoms with Gasteiger partial charge in [0.25, 0.3) is 0 Å². The van der Waals surface area contributed by atoms with Crippen LogP contribution < -0.4 is 10.1 Å². The van der Waals surface area contributed by atoms with Crippen LogP contribution >= 0.6 is 23.4 Å². The lowest BCUT2D eigenvalue weighted by Gasteiger charge is -2.11. The highest BCUT2D eigenvalue weighted by Crippen LogP contribution is 2.22. The van der Waals surface area contributed by atoms with Gasteiger partial charge in [-0.2, -0.15) is 0 Å². The predicted molar refractivity (Wildman–Crippen MR) is 116 cm³/mol. The van der Waals surface area contributed by atoms with Crippen molar-refractivity contribution in [1.82, 2.24) is 9.55 Å². The molecule has 0 unspecified atom stereocenters. The SMILES string of the molecule is CCOc1ccc(NC(=O)CSc2ncc(CO)n2Cc2ccc(Cl)cc2)cc1. The minimum Gasteiger partial charge on any atom is -0.494 e. The molecule has 0 aliphatic rings. The third kappa shape index (κ3) is 6.00. The molecule has 0 saturated carbocycles. The van der Waals surface area contributed by atoms with E-state index in [4.69, 9.17) is 16.3 Å². The first-order chi connectivity index (χ1) is 14.1. The summed E-state index contributed by atoms with van der Waals surface area (Å²) in [6, 6.07) is 14.7. The first-order valence-corrected chi connectivity index (χ1v) is 10.5. The van der Waals surface area contributed by atoms with Crippen LogP contribution in [0.3, 0.4) is 0 Å². The van der Waals surface area contributed by atoms with Gasteiger partial charge >= 0.3 is 0 Å². The molecule has 0 aliphatic carbocycles. The number of ether oxygens (including phenoxy) is 1. The van der Waals surface area contributed by atoms with E-state index in [9.17, 15) is 9.90 Å². The number of carbonyl (C=O) groups is 1. The molecule has 1 heterocycles. The molecule has 0 spiro atoms. The highest BCUT2D eigenvalue weighted by atomic mass is 35.5. The third-order valence-corrected chi connectivity index (χ3v) is 5.34. The molecule has 1 amide bonds. The Morgan fingerprint density at radius 3 is 2.59 bits per heavy atom. The molecule has 29 heavy (non-hydrogen) atoms. The largest absolute Gasteiger partial charge is 0.494 e. The van der Waals surface area contributed by atoms with E-state index in [0.717, 1.165) is 11.3 Å². The van der Waals surface area contributed by atoms with Crippen molar-refractivity contribution >= 4 is 35.0 Å². The third-order valence-electron chi connectivity index (χ3n) is 4.10. The monoisotopic (exact) mass is 431 g/mol. The average molecular weight is 432 g/mol. The summed E-state index contributed by atoms with van der Waals surface area (Å²) in [7, 11) is 0. The Bertz CT molecular complexity index is 943. The fourth-order valence-corrected chi connectivity index (χ4v) is 3.63. The Morgan fingerprint density at radius 1 is 1.21 bits per heavy atom. The van der Waals surface area contributed by atoms with Crippen LogP contribution in [0.1, 0.15) is 18.2 Å². The zero-order valence-corrected chi connectivity index (χ0v) is 17.5. The van der Waals surface area contributed by atoms with Gasteiger partial charge in [-0.3, -0.25) is 4.79 Å².